The van der Waals surface area contributed by atoms with Crippen molar-refractivity contribution < 1.29 is 23.0 Å². The number of halogens is 3. The van der Waals surface area contributed by atoms with E-state index in [0.29, 0.717) is 48.1 Å². The zero-order chi connectivity index (χ0) is 18.7. The first-order valence-corrected chi connectivity index (χ1v) is 8.86. The highest BCUT2D eigenvalue weighted by Gasteiger charge is 2.37. The van der Waals surface area contributed by atoms with E-state index in [-0.39, 0.29) is 24.4 Å². The monoisotopic (exact) mass is 389 g/mol. The Kier molecular flexibility index (Phi) is 5.58. The van der Waals surface area contributed by atoms with E-state index >= 15 is 0 Å². The number of rotatable bonds is 5. The van der Waals surface area contributed by atoms with Crippen molar-refractivity contribution in [2.24, 2.45) is 0 Å². The molecule has 1 saturated heterocycles. The second-order valence-corrected chi connectivity index (χ2v) is 6.62. The Bertz CT molecular complexity index is 738. The highest BCUT2D eigenvalue weighted by atomic mass is 32.1. The molecule has 2 aromatic heterocycles. The van der Waals surface area contributed by atoms with E-state index in [2.05, 4.69) is 20.3 Å². The fourth-order valence-electron chi connectivity index (χ4n) is 2.61. The summed E-state index contributed by atoms with van der Waals surface area (Å²) in [6.07, 6.45) is -1.72. The third kappa shape index (κ3) is 4.05. The quantitative estimate of drug-likeness (QED) is 0.807. The van der Waals surface area contributed by atoms with Crippen molar-refractivity contribution in [2.75, 3.05) is 37.7 Å². The van der Waals surface area contributed by atoms with Crippen LogP contribution in [0.1, 0.15) is 11.9 Å². The molecule has 2 N–H and O–H groups in total. The highest BCUT2D eigenvalue weighted by Crippen LogP contribution is 2.42. The SMILES string of the molecule is CCOc1ncc(-c2nc(C(F)(F)F)sc2N2CCNC(CO)C2)cn1. The van der Waals surface area contributed by atoms with Gasteiger partial charge in [0.2, 0.25) is 5.01 Å². The van der Waals surface area contributed by atoms with Crippen LogP contribution in [0, 0.1) is 0 Å². The summed E-state index contributed by atoms with van der Waals surface area (Å²) in [6.45, 7) is 3.55. The minimum Gasteiger partial charge on any atom is -0.464 e. The molecule has 7 nitrogen and oxygen atoms in total. The molecule has 1 fully saturated rings. The smallest absolute Gasteiger partial charge is 0.443 e. The van der Waals surface area contributed by atoms with Gasteiger partial charge in [0, 0.05) is 43.6 Å². The number of aliphatic hydroxyl groups is 1. The van der Waals surface area contributed by atoms with Gasteiger partial charge in [0.15, 0.2) is 0 Å². The highest BCUT2D eigenvalue weighted by molar-refractivity contribution is 7.16. The third-order valence-corrected chi connectivity index (χ3v) is 4.95. The first-order valence-electron chi connectivity index (χ1n) is 8.04. The average molecular weight is 389 g/mol. The summed E-state index contributed by atoms with van der Waals surface area (Å²) < 4.78 is 44.8. The van der Waals surface area contributed by atoms with Crippen LogP contribution in [0.4, 0.5) is 18.2 Å². The first kappa shape index (κ1) is 18.8. The predicted molar refractivity (Wildman–Crippen MR) is 90.4 cm³/mol. The van der Waals surface area contributed by atoms with E-state index < -0.39 is 11.2 Å². The van der Waals surface area contributed by atoms with Crippen LogP contribution in [-0.2, 0) is 6.18 Å². The molecular formula is C15H18F3N5O2S. The second kappa shape index (κ2) is 7.72. The molecule has 0 saturated carbocycles. The lowest BCUT2D eigenvalue weighted by molar-refractivity contribution is -0.137. The molecule has 0 bridgehead atoms. The Hall–Kier alpha value is -1.98. The Morgan fingerprint density at radius 1 is 1.38 bits per heavy atom. The molecule has 0 aromatic carbocycles. The number of alkyl halides is 3. The normalized spacial score (nSPS) is 18.2. The van der Waals surface area contributed by atoms with Crippen molar-refractivity contribution in [3.63, 3.8) is 0 Å². The summed E-state index contributed by atoms with van der Waals surface area (Å²) >= 11 is 0.588. The molecule has 2 aromatic rings. The summed E-state index contributed by atoms with van der Waals surface area (Å²) in [7, 11) is 0. The van der Waals surface area contributed by atoms with Crippen molar-refractivity contribution in [2.45, 2.75) is 19.1 Å². The molecule has 3 heterocycles. The molecule has 1 aliphatic rings. The molecule has 1 atom stereocenters. The molecule has 0 spiro atoms. The Morgan fingerprint density at radius 3 is 2.73 bits per heavy atom. The number of hydrogen-bond donors (Lipinski definition) is 2. The van der Waals surface area contributed by atoms with Crippen LogP contribution in [0.15, 0.2) is 12.4 Å². The van der Waals surface area contributed by atoms with E-state index in [0.717, 1.165) is 0 Å². The number of ether oxygens (including phenoxy) is 1. The molecule has 1 aliphatic heterocycles. The molecular weight excluding hydrogens is 371 g/mol. The van der Waals surface area contributed by atoms with Gasteiger partial charge in [-0.15, -0.1) is 0 Å². The minimum atomic E-state index is -4.53. The van der Waals surface area contributed by atoms with Crippen molar-refractivity contribution in [3.8, 4) is 17.3 Å². The number of aromatic nitrogens is 3. The summed E-state index contributed by atoms with van der Waals surface area (Å²) in [6, 6.07) is -0.0452. The fourth-order valence-corrected chi connectivity index (χ4v) is 3.60. The van der Waals surface area contributed by atoms with Gasteiger partial charge in [-0.2, -0.15) is 13.2 Å². The third-order valence-electron chi connectivity index (χ3n) is 3.79. The van der Waals surface area contributed by atoms with Gasteiger partial charge >= 0.3 is 12.2 Å². The van der Waals surface area contributed by atoms with E-state index in [9.17, 15) is 18.3 Å². The number of nitrogens with zero attached hydrogens (tertiary/aromatic N) is 4. The second-order valence-electron chi connectivity index (χ2n) is 5.64. The maximum Gasteiger partial charge on any atom is 0.443 e. The van der Waals surface area contributed by atoms with E-state index in [1.165, 1.54) is 12.4 Å². The number of piperazine rings is 1. The van der Waals surface area contributed by atoms with Gasteiger partial charge in [-0.05, 0) is 6.92 Å². The van der Waals surface area contributed by atoms with E-state index in [4.69, 9.17) is 4.74 Å². The number of nitrogens with one attached hydrogen (secondary N) is 1. The van der Waals surface area contributed by atoms with Crippen LogP contribution in [0.3, 0.4) is 0 Å². The number of aliphatic hydroxyl groups excluding tert-OH is 1. The zero-order valence-electron chi connectivity index (χ0n) is 14.0. The largest absolute Gasteiger partial charge is 0.464 e. The maximum atomic E-state index is 13.2. The van der Waals surface area contributed by atoms with Crippen LogP contribution in [-0.4, -0.2) is 58.9 Å². The van der Waals surface area contributed by atoms with Crippen molar-refractivity contribution in [3.05, 3.63) is 17.4 Å². The topological polar surface area (TPSA) is 83.4 Å². The lowest BCUT2D eigenvalue weighted by atomic mass is 10.2. The fraction of sp³-hybridized carbons (Fsp3) is 0.533. The molecule has 3 rings (SSSR count). The molecule has 26 heavy (non-hydrogen) atoms. The zero-order valence-corrected chi connectivity index (χ0v) is 14.8. The van der Waals surface area contributed by atoms with E-state index in [1.807, 2.05) is 0 Å². The number of thiazole rings is 1. The van der Waals surface area contributed by atoms with Crippen molar-refractivity contribution >= 4 is 16.3 Å². The van der Waals surface area contributed by atoms with Crippen LogP contribution in [0.2, 0.25) is 0 Å². The Morgan fingerprint density at radius 2 is 2.12 bits per heavy atom. The van der Waals surface area contributed by atoms with E-state index in [1.54, 1.807) is 11.8 Å². The Labute approximate surface area is 151 Å². The van der Waals surface area contributed by atoms with Gasteiger partial charge in [0.1, 0.15) is 10.7 Å². The lowest BCUT2D eigenvalue weighted by Crippen LogP contribution is -2.52. The van der Waals surface area contributed by atoms with Gasteiger partial charge < -0.3 is 20.1 Å². The standard InChI is InChI=1S/C15H18F3N5O2S/c1-2-25-14-20-5-9(6-21-14)11-12(26-13(22-11)15(16,17)18)23-4-3-19-10(7-23)8-24/h5-6,10,19,24H,2-4,7-8H2,1H3. The van der Waals surface area contributed by atoms with Gasteiger partial charge in [-0.25, -0.2) is 15.0 Å². The molecule has 0 aliphatic carbocycles. The van der Waals surface area contributed by atoms with Crippen LogP contribution >= 0.6 is 11.3 Å². The summed E-state index contributed by atoms with van der Waals surface area (Å²) in [5.74, 6) is 0. The molecule has 142 valence electrons. The predicted octanol–water partition coefficient (Wildman–Crippen LogP) is 1.79. The van der Waals surface area contributed by atoms with Gasteiger partial charge in [-0.3, -0.25) is 0 Å². The molecule has 11 heteroatoms. The van der Waals surface area contributed by atoms with Gasteiger partial charge in [0.05, 0.1) is 13.2 Å². The van der Waals surface area contributed by atoms with Crippen LogP contribution < -0.4 is 15.0 Å². The first-order chi connectivity index (χ1) is 12.4. The molecule has 0 amide bonds. The van der Waals surface area contributed by atoms with Crippen LogP contribution in [0.25, 0.3) is 11.3 Å². The summed E-state index contributed by atoms with van der Waals surface area (Å²) in [5.41, 5.74) is 0.568. The number of hydrogen-bond acceptors (Lipinski definition) is 8. The van der Waals surface area contributed by atoms with Crippen molar-refractivity contribution in [1.82, 2.24) is 20.3 Å². The average Bonchev–Trinajstić information content (AvgIpc) is 3.08. The minimum absolute atomic E-state index is 0.0943. The van der Waals surface area contributed by atoms with Gasteiger partial charge in [0.25, 0.3) is 0 Å². The molecule has 1 unspecified atom stereocenters. The number of anilines is 1. The Balaban J connectivity index is 1.98. The summed E-state index contributed by atoms with van der Waals surface area (Å²) in [4.78, 5) is 13.6. The molecule has 0 radical (unpaired) electrons. The van der Waals surface area contributed by atoms with Crippen LogP contribution in [0.5, 0.6) is 6.01 Å². The lowest BCUT2D eigenvalue weighted by Gasteiger charge is -2.33. The summed E-state index contributed by atoms with van der Waals surface area (Å²) in [5, 5.41) is 11.9. The van der Waals surface area contributed by atoms with Gasteiger partial charge in [-0.1, -0.05) is 11.3 Å². The van der Waals surface area contributed by atoms with Crippen molar-refractivity contribution in [1.29, 1.82) is 0 Å². The maximum absolute atomic E-state index is 13.2.